The van der Waals surface area contributed by atoms with E-state index in [1.807, 2.05) is 24.1 Å². The second-order valence-electron chi connectivity index (χ2n) is 6.28. The Morgan fingerprint density at radius 2 is 1.86 bits per heavy atom. The monoisotopic (exact) mass is 336 g/mol. The Kier molecular flexibility index (Phi) is 5.18. The first kappa shape index (κ1) is 16.4. The third kappa shape index (κ3) is 2.96. The zero-order valence-corrected chi connectivity index (χ0v) is 15.1. The van der Waals surface area contributed by atoms with E-state index in [1.54, 1.807) is 5.57 Å². The molecule has 0 amide bonds. The molecular weight excluding hydrogens is 312 g/mol. The van der Waals surface area contributed by atoms with Crippen molar-refractivity contribution in [2.45, 2.75) is 44.6 Å². The van der Waals surface area contributed by atoms with Crippen molar-refractivity contribution in [1.29, 1.82) is 0 Å². The minimum Gasteiger partial charge on any atom is -0.313 e. The molecule has 1 spiro atoms. The van der Waals surface area contributed by atoms with Crippen molar-refractivity contribution in [3.8, 4) is 0 Å². The van der Waals surface area contributed by atoms with Crippen LogP contribution in [-0.2, 0) is 0 Å². The van der Waals surface area contributed by atoms with Crippen molar-refractivity contribution in [2.75, 3.05) is 20.1 Å². The molecule has 0 aromatic heterocycles. The topological polar surface area (TPSA) is 15.3 Å². The quantitative estimate of drug-likeness (QED) is 0.782. The summed E-state index contributed by atoms with van der Waals surface area (Å²) < 4.78 is 2.52. The van der Waals surface area contributed by atoms with E-state index >= 15 is 0 Å². The molecule has 0 atom stereocenters. The molecule has 2 aliphatic rings. The van der Waals surface area contributed by atoms with Gasteiger partial charge in [0.05, 0.1) is 5.54 Å². The summed E-state index contributed by atoms with van der Waals surface area (Å²) in [5, 5.41) is 4.38. The molecule has 120 valence electrons. The predicted octanol–water partition coefficient (Wildman–Crippen LogP) is 4.96. The van der Waals surface area contributed by atoms with E-state index in [-0.39, 0.29) is 5.54 Å². The highest BCUT2D eigenvalue weighted by Gasteiger charge is 2.46. The molecule has 2 nitrogen and oxygen atoms in total. The molecule has 0 radical (unpaired) electrons. The molecular formula is C18H25ClN2S. The van der Waals surface area contributed by atoms with Gasteiger partial charge in [-0.05, 0) is 61.7 Å². The maximum Gasteiger partial charge on any atom is 0.0548 e. The largest absolute Gasteiger partial charge is 0.313 e. The smallest absolute Gasteiger partial charge is 0.0548 e. The van der Waals surface area contributed by atoms with E-state index in [4.69, 9.17) is 11.6 Å². The zero-order valence-electron chi connectivity index (χ0n) is 13.5. The lowest BCUT2D eigenvalue weighted by molar-refractivity contribution is 0.208. The van der Waals surface area contributed by atoms with Gasteiger partial charge in [-0.15, -0.1) is 0 Å². The van der Waals surface area contributed by atoms with Crippen LogP contribution in [0.4, 0.5) is 0 Å². The number of likely N-dealkylation sites (N-methyl/N-ethyl adjacent to an activating group) is 2. The molecule has 1 aromatic rings. The van der Waals surface area contributed by atoms with Gasteiger partial charge in [0.25, 0.3) is 0 Å². The number of hydrogen-bond acceptors (Lipinski definition) is 3. The van der Waals surface area contributed by atoms with E-state index in [9.17, 15) is 0 Å². The third-order valence-corrected chi connectivity index (χ3v) is 6.55. The van der Waals surface area contributed by atoms with Crippen molar-refractivity contribution in [3.05, 3.63) is 40.4 Å². The van der Waals surface area contributed by atoms with Crippen LogP contribution < -0.4 is 5.32 Å². The van der Waals surface area contributed by atoms with Crippen molar-refractivity contribution < 1.29 is 0 Å². The lowest BCUT2D eigenvalue weighted by atomic mass is 9.75. The van der Waals surface area contributed by atoms with E-state index in [1.165, 1.54) is 42.6 Å². The van der Waals surface area contributed by atoms with E-state index in [0.29, 0.717) is 0 Å². The molecule has 1 aliphatic heterocycles. The lowest BCUT2D eigenvalue weighted by Crippen LogP contribution is -2.45. The van der Waals surface area contributed by atoms with Crippen molar-refractivity contribution in [3.63, 3.8) is 0 Å². The lowest BCUT2D eigenvalue weighted by Gasteiger charge is -2.41. The maximum atomic E-state index is 6.06. The van der Waals surface area contributed by atoms with Crippen LogP contribution in [0.5, 0.6) is 0 Å². The molecule has 1 N–H and O–H groups in total. The zero-order chi connectivity index (χ0) is 15.6. The SMILES string of the molecule is CCNCC1=C(c2ccc(Cl)cc2)SN(C)C12CCCCC2. The summed E-state index contributed by atoms with van der Waals surface area (Å²) in [6.45, 7) is 4.19. The van der Waals surface area contributed by atoms with Gasteiger partial charge in [-0.1, -0.05) is 49.9 Å². The number of hydrogen-bond donors (Lipinski definition) is 1. The molecule has 0 saturated heterocycles. The van der Waals surface area contributed by atoms with Crippen LogP contribution >= 0.6 is 23.5 Å². The summed E-state index contributed by atoms with van der Waals surface area (Å²) in [5.74, 6) is 0. The average molecular weight is 337 g/mol. The number of halogens is 1. The van der Waals surface area contributed by atoms with Crippen LogP contribution in [0.15, 0.2) is 29.8 Å². The van der Waals surface area contributed by atoms with Crippen molar-refractivity contribution in [1.82, 2.24) is 9.62 Å². The van der Waals surface area contributed by atoms with Gasteiger partial charge >= 0.3 is 0 Å². The predicted molar refractivity (Wildman–Crippen MR) is 98.1 cm³/mol. The number of nitrogens with one attached hydrogen (secondary N) is 1. The van der Waals surface area contributed by atoms with Crippen LogP contribution in [0.1, 0.15) is 44.6 Å². The van der Waals surface area contributed by atoms with Crippen LogP contribution in [0.3, 0.4) is 0 Å². The van der Waals surface area contributed by atoms with Gasteiger partial charge in [-0.2, -0.15) is 0 Å². The minimum absolute atomic E-state index is 0.250. The molecule has 1 saturated carbocycles. The summed E-state index contributed by atoms with van der Waals surface area (Å²) in [7, 11) is 2.27. The normalized spacial score (nSPS) is 21.8. The van der Waals surface area contributed by atoms with Gasteiger partial charge in [0.15, 0.2) is 0 Å². The fraction of sp³-hybridized carbons (Fsp3) is 0.556. The van der Waals surface area contributed by atoms with Gasteiger partial charge < -0.3 is 5.32 Å². The van der Waals surface area contributed by atoms with Gasteiger partial charge in [-0.3, -0.25) is 0 Å². The number of nitrogens with zero attached hydrogens (tertiary/aromatic N) is 1. The Morgan fingerprint density at radius 1 is 1.18 bits per heavy atom. The highest BCUT2D eigenvalue weighted by Crippen LogP contribution is 2.54. The highest BCUT2D eigenvalue weighted by atomic mass is 35.5. The molecule has 1 fully saturated rings. The van der Waals surface area contributed by atoms with E-state index in [0.717, 1.165) is 18.1 Å². The summed E-state index contributed by atoms with van der Waals surface area (Å²) in [6.07, 6.45) is 6.64. The highest BCUT2D eigenvalue weighted by molar-refractivity contribution is 8.06. The van der Waals surface area contributed by atoms with Gasteiger partial charge in [0.2, 0.25) is 0 Å². The van der Waals surface area contributed by atoms with Gasteiger partial charge in [0.1, 0.15) is 0 Å². The fourth-order valence-corrected chi connectivity index (χ4v) is 5.24. The summed E-state index contributed by atoms with van der Waals surface area (Å²) in [5.41, 5.74) is 3.14. The Bertz CT molecular complexity index is 547. The molecule has 0 bridgehead atoms. The third-order valence-electron chi connectivity index (χ3n) is 5.01. The second kappa shape index (κ2) is 6.96. The first-order valence-electron chi connectivity index (χ1n) is 8.29. The Hall–Kier alpha value is -0.480. The Labute approximate surface area is 143 Å². The first-order valence-corrected chi connectivity index (χ1v) is 9.44. The average Bonchev–Trinajstić information content (AvgIpc) is 2.79. The van der Waals surface area contributed by atoms with E-state index < -0.39 is 0 Å². The number of rotatable bonds is 4. The van der Waals surface area contributed by atoms with Gasteiger partial charge in [0, 0.05) is 16.5 Å². The Balaban J connectivity index is 2.01. The molecule has 1 aromatic carbocycles. The van der Waals surface area contributed by atoms with Crippen LogP contribution in [0, 0.1) is 0 Å². The molecule has 1 aliphatic carbocycles. The van der Waals surface area contributed by atoms with Crippen LogP contribution in [0.25, 0.3) is 4.91 Å². The molecule has 1 heterocycles. The van der Waals surface area contributed by atoms with Crippen molar-refractivity contribution >= 4 is 28.5 Å². The Morgan fingerprint density at radius 3 is 2.50 bits per heavy atom. The van der Waals surface area contributed by atoms with Crippen LogP contribution in [0.2, 0.25) is 5.02 Å². The standard InChI is InChI=1S/C18H25ClN2S/c1-3-20-13-16-17(14-7-9-15(19)10-8-14)22-21(2)18(16)11-5-4-6-12-18/h7-10,20H,3-6,11-13H2,1-2H3. The molecule has 0 unspecified atom stereocenters. The molecule has 4 heteroatoms. The summed E-state index contributed by atoms with van der Waals surface area (Å²) >= 11 is 7.98. The fourth-order valence-electron chi connectivity index (χ4n) is 3.76. The van der Waals surface area contributed by atoms with Gasteiger partial charge in [-0.25, -0.2) is 4.31 Å². The van der Waals surface area contributed by atoms with Crippen molar-refractivity contribution in [2.24, 2.45) is 0 Å². The molecule has 3 rings (SSSR count). The second-order valence-corrected chi connectivity index (χ2v) is 7.85. The minimum atomic E-state index is 0.250. The maximum absolute atomic E-state index is 6.06. The number of benzene rings is 1. The van der Waals surface area contributed by atoms with Crippen LogP contribution in [-0.4, -0.2) is 30.0 Å². The van der Waals surface area contributed by atoms with E-state index in [2.05, 4.69) is 35.7 Å². The first-order chi connectivity index (χ1) is 10.7. The molecule has 22 heavy (non-hydrogen) atoms. The summed E-state index contributed by atoms with van der Waals surface area (Å²) in [6, 6.07) is 8.32. The summed E-state index contributed by atoms with van der Waals surface area (Å²) in [4.78, 5) is 1.43.